The third kappa shape index (κ3) is 3.43. The van der Waals surface area contributed by atoms with Gasteiger partial charge in [-0.3, -0.25) is 0 Å². The Morgan fingerprint density at radius 3 is 2.62 bits per heavy atom. The van der Waals surface area contributed by atoms with E-state index in [4.69, 9.17) is 5.11 Å². The van der Waals surface area contributed by atoms with Gasteiger partial charge in [-0.25, -0.2) is 26.7 Å². The summed E-state index contributed by atoms with van der Waals surface area (Å²) in [6, 6.07) is 2.67. The molecule has 112 valence electrons. The predicted octanol–water partition coefficient (Wildman–Crippen LogP) is 2.20. The van der Waals surface area contributed by atoms with Gasteiger partial charge in [-0.05, 0) is 34.5 Å². The molecule has 0 aliphatic heterocycles. The van der Waals surface area contributed by atoms with Crippen LogP contribution in [0.2, 0.25) is 0 Å². The fraction of sp³-hybridized carbons (Fsp3) is 0.0833. The Morgan fingerprint density at radius 1 is 1.33 bits per heavy atom. The van der Waals surface area contributed by atoms with Gasteiger partial charge in [-0.1, -0.05) is 0 Å². The Labute approximate surface area is 122 Å². The van der Waals surface area contributed by atoms with Crippen LogP contribution in [0, 0.1) is 11.6 Å². The first kappa shape index (κ1) is 15.5. The van der Waals surface area contributed by atoms with Crippen molar-refractivity contribution >= 4 is 27.3 Å². The van der Waals surface area contributed by atoms with Gasteiger partial charge in [0.15, 0.2) is 11.6 Å². The fourth-order valence-electron chi connectivity index (χ4n) is 1.53. The summed E-state index contributed by atoms with van der Waals surface area (Å²) >= 11 is 1.35. The van der Waals surface area contributed by atoms with Crippen molar-refractivity contribution in [2.45, 2.75) is 11.4 Å². The molecule has 0 unspecified atom stereocenters. The molecule has 9 heteroatoms. The van der Waals surface area contributed by atoms with Crippen molar-refractivity contribution in [3.63, 3.8) is 0 Å². The zero-order valence-electron chi connectivity index (χ0n) is 10.3. The normalized spacial score (nSPS) is 11.5. The van der Waals surface area contributed by atoms with Crippen LogP contribution in [-0.4, -0.2) is 19.5 Å². The van der Waals surface area contributed by atoms with E-state index in [-0.39, 0.29) is 6.54 Å². The van der Waals surface area contributed by atoms with Crippen molar-refractivity contribution in [1.82, 2.24) is 4.72 Å². The van der Waals surface area contributed by atoms with E-state index in [1.807, 2.05) is 0 Å². The monoisotopic (exact) mass is 333 g/mol. The molecule has 0 radical (unpaired) electrons. The Hall–Kier alpha value is -1.84. The number of carbonyl (C=O) groups is 1. The lowest BCUT2D eigenvalue weighted by atomic mass is 10.2. The van der Waals surface area contributed by atoms with Gasteiger partial charge in [-0.2, -0.15) is 11.3 Å². The molecular weight excluding hydrogens is 324 g/mol. The Kier molecular flexibility index (Phi) is 4.35. The highest BCUT2D eigenvalue weighted by Crippen LogP contribution is 2.20. The Morgan fingerprint density at radius 2 is 2.05 bits per heavy atom. The van der Waals surface area contributed by atoms with E-state index in [2.05, 4.69) is 4.72 Å². The lowest BCUT2D eigenvalue weighted by Gasteiger charge is -2.08. The van der Waals surface area contributed by atoms with Crippen LogP contribution >= 0.6 is 11.3 Å². The number of rotatable bonds is 5. The zero-order chi connectivity index (χ0) is 15.6. The molecule has 0 fully saturated rings. The van der Waals surface area contributed by atoms with Crippen LogP contribution in [0.4, 0.5) is 8.78 Å². The van der Waals surface area contributed by atoms with Crippen molar-refractivity contribution in [2.75, 3.05) is 0 Å². The summed E-state index contributed by atoms with van der Waals surface area (Å²) in [6.07, 6.45) is 0. The second-order valence-corrected chi connectivity index (χ2v) is 6.55. The molecule has 0 amide bonds. The van der Waals surface area contributed by atoms with E-state index in [0.717, 1.165) is 0 Å². The summed E-state index contributed by atoms with van der Waals surface area (Å²) in [5.41, 5.74) is 0.00338. The second-order valence-electron chi connectivity index (χ2n) is 4.03. The van der Waals surface area contributed by atoms with E-state index < -0.39 is 38.1 Å². The first-order chi connectivity index (χ1) is 9.81. The van der Waals surface area contributed by atoms with Crippen molar-refractivity contribution in [3.05, 3.63) is 51.7 Å². The lowest BCUT2D eigenvalue weighted by molar-refractivity contribution is 0.0696. The summed E-state index contributed by atoms with van der Waals surface area (Å²) in [7, 11) is -4.37. The van der Waals surface area contributed by atoms with Gasteiger partial charge in [0.05, 0.1) is 5.56 Å². The average Bonchev–Trinajstić information content (AvgIpc) is 2.92. The summed E-state index contributed by atoms with van der Waals surface area (Å²) in [6.45, 7) is -0.107. The number of hydrogen-bond acceptors (Lipinski definition) is 4. The number of hydrogen-bond donors (Lipinski definition) is 2. The summed E-state index contributed by atoms with van der Waals surface area (Å²) in [5, 5.41) is 12.2. The largest absolute Gasteiger partial charge is 0.478 e. The van der Waals surface area contributed by atoms with Crippen molar-refractivity contribution in [2.24, 2.45) is 0 Å². The van der Waals surface area contributed by atoms with Gasteiger partial charge >= 0.3 is 5.97 Å². The summed E-state index contributed by atoms with van der Waals surface area (Å²) in [4.78, 5) is 9.75. The highest BCUT2D eigenvalue weighted by Gasteiger charge is 2.24. The van der Waals surface area contributed by atoms with Crippen LogP contribution < -0.4 is 4.72 Å². The quantitative estimate of drug-likeness (QED) is 0.879. The minimum Gasteiger partial charge on any atom is -0.478 e. The van der Waals surface area contributed by atoms with Crippen LogP contribution in [-0.2, 0) is 16.6 Å². The van der Waals surface area contributed by atoms with Crippen molar-refractivity contribution < 1.29 is 27.1 Å². The van der Waals surface area contributed by atoms with E-state index in [1.54, 1.807) is 16.8 Å². The summed E-state index contributed by atoms with van der Waals surface area (Å²) in [5.74, 6) is -4.70. The smallest absolute Gasteiger partial charge is 0.335 e. The molecule has 1 aromatic heterocycles. The molecular formula is C12H9F2NO4S2. The third-order valence-electron chi connectivity index (χ3n) is 2.58. The molecule has 2 N–H and O–H groups in total. The van der Waals surface area contributed by atoms with Crippen LogP contribution in [0.3, 0.4) is 0 Å². The molecule has 2 aromatic rings. The standard InChI is InChI=1S/C12H9F2NO4S2/c13-9-3-8(12(16)17)4-10(11(9)14)21(18,19)15-5-7-1-2-20-6-7/h1-4,6,15H,5H2,(H,16,17). The van der Waals surface area contributed by atoms with Gasteiger partial charge < -0.3 is 5.11 Å². The number of benzene rings is 1. The Balaban J connectivity index is 2.37. The topological polar surface area (TPSA) is 83.5 Å². The fourth-order valence-corrected chi connectivity index (χ4v) is 3.33. The van der Waals surface area contributed by atoms with E-state index in [9.17, 15) is 22.0 Å². The van der Waals surface area contributed by atoms with Gasteiger partial charge in [0.25, 0.3) is 0 Å². The maximum absolute atomic E-state index is 13.6. The predicted molar refractivity (Wildman–Crippen MR) is 71.7 cm³/mol. The van der Waals surface area contributed by atoms with Crippen LogP contribution in [0.5, 0.6) is 0 Å². The number of carboxylic acids is 1. The van der Waals surface area contributed by atoms with Gasteiger partial charge in [-0.15, -0.1) is 0 Å². The maximum Gasteiger partial charge on any atom is 0.335 e. The molecule has 0 saturated heterocycles. The molecule has 1 aromatic carbocycles. The molecule has 0 saturated carbocycles. The molecule has 0 atom stereocenters. The molecule has 0 aliphatic rings. The minimum atomic E-state index is -4.37. The van der Waals surface area contributed by atoms with Crippen LogP contribution in [0.25, 0.3) is 0 Å². The summed E-state index contributed by atoms with van der Waals surface area (Å²) < 4.78 is 53.0. The highest BCUT2D eigenvalue weighted by atomic mass is 32.2. The Bertz CT molecular complexity index is 773. The SMILES string of the molecule is O=C(O)c1cc(F)c(F)c(S(=O)(=O)NCc2ccsc2)c1. The molecule has 2 rings (SSSR count). The first-order valence-electron chi connectivity index (χ1n) is 5.54. The van der Waals surface area contributed by atoms with E-state index >= 15 is 0 Å². The van der Waals surface area contributed by atoms with E-state index in [0.29, 0.717) is 17.7 Å². The number of aromatic carboxylic acids is 1. The average molecular weight is 333 g/mol. The van der Waals surface area contributed by atoms with Crippen LogP contribution in [0.15, 0.2) is 33.9 Å². The van der Waals surface area contributed by atoms with Crippen molar-refractivity contribution in [1.29, 1.82) is 0 Å². The first-order valence-corrected chi connectivity index (χ1v) is 7.97. The number of halogens is 2. The minimum absolute atomic E-state index is 0.107. The van der Waals surface area contributed by atoms with Gasteiger partial charge in [0.2, 0.25) is 10.0 Å². The molecule has 21 heavy (non-hydrogen) atoms. The third-order valence-corrected chi connectivity index (χ3v) is 4.71. The number of thiophene rings is 1. The van der Waals surface area contributed by atoms with E-state index in [1.165, 1.54) is 11.3 Å². The van der Waals surface area contributed by atoms with Crippen LogP contribution in [0.1, 0.15) is 15.9 Å². The van der Waals surface area contributed by atoms with Crippen molar-refractivity contribution in [3.8, 4) is 0 Å². The maximum atomic E-state index is 13.6. The molecule has 0 bridgehead atoms. The number of carboxylic acid groups (broad SMARTS) is 1. The van der Waals surface area contributed by atoms with Gasteiger partial charge in [0.1, 0.15) is 4.90 Å². The lowest BCUT2D eigenvalue weighted by Crippen LogP contribution is -2.24. The highest BCUT2D eigenvalue weighted by molar-refractivity contribution is 7.89. The van der Waals surface area contributed by atoms with Gasteiger partial charge in [0, 0.05) is 6.54 Å². The number of sulfonamides is 1. The molecule has 1 heterocycles. The molecule has 0 spiro atoms. The zero-order valence-corrected chi connectivity index (χ0v) is 12.0. The molecule has 5 nitrogen and oxygen atoms in total. The number of nitrogens with one attached hydrogen (secondary N) is 1. The molecule has 0 aliphatic carbocycles. The second kappa shape index (κ2) is 5.88.